The number of allylic oxidation sites excluding steroid dienone is 1. The Morgan fingerprint density at radius 3 is 2.24 bits per heavy atom. The first-order valence-corrected chi connectivity index (χ1v) is 13.8. The van der Waals surface area contributed by atoms with E-state index in [4.69, 9.17) is 16.3 Å². The maximum Gasteiger partial charge on any atom is 0.419 e. The van der Waals surface area contributed by atoms with Gasteiger partial charge in [0, 0.05) is 23.3 Å². The fourth-order valence-electron chi connectivity index (χ4n) is 5.33. The third kappa shape index (κ3) is 7.01. The lowest BCUT2D eigenvalue weighted by Crippen LogP contribution is -2.24. The van der Waals surface area contributed by atoms with Crippen LogP contribution in [0.1, 0.15) is 58.6 Å². The van der Waals surface area contributed by atoms with Crippen LogP contribution in [0.4, 0.5) is 13.2 Å². The third-order valence-corrected chi connectivity index (χ3v) is 7.50. The van der Waals surface area contributed by atoms with Gasteiger partial charge in [0.1, 0.15) is 11.5 Å². The number of carboxylic acids is 1. The molecular formula is C34H27ClF3O3-. The summed E-state index contributed by atoms with van der Waals surface area (Å²) in [6.45, 7) is 0. The van der Waals surface area contributed by atoms with Crippen molar-refractivity contribution in [3.05, 3.63) is 135 Å². The van der Waals surface area contributed by atoms with Crippen molar-refractivity contribution < 1.29 is 27.8 Å². The van der Waals surface area contributed by atoms with E-state index < -0.39 is 24.1 Å². The Balaban J connectivity index is 1.31. The smallest absolute Gasteiger partial charge is 0.419 e. The number of ether oxygens (including phenoxy) is 1. The molecule has 0 radical (unpaired) electrons. The summed E-state index contributed by atoms with van der Waals surface area (Å²) in [6, 6.07) is 26.5. The predicted molar refractivity (Wildman–Crippen MR) is 152 cm³/mol. The number of aryl methyl sites for hydroxylation is 1. The van der Waals surface area contributed by atoms with Crippen LogP contribution in [0.15, 0.2) is 96.6 Å². The minimum absolute atomic E-state index is 0.00703. The molecular weight excluding hydrogens is 549 g/mol. The van der Waals surface area contributed by atoms with Crippen molar-refractivity contribution in [3.63, 3.8) is 0 Å². The quantitative estimate of drug-likeness (QED) is 0.178. The van der Waals surface area contributed by atoms with Gasteiger partial charge in [0.2, 0.25) is 0 Å². The molecule has 0 aliphatic heterocycles. The van der Waals surface area contributed by atoms with Crippen molar-refractivity contribution in [2.75, 3.05) is 0 Å². The molecule has 0 saturated heterocycles. The van der Waals surface area contributed by atoms with Gasteiger partial charge in [-0.3, -0.25) is 0 Å². The molecule has 1 unspecified atom stereocenters. The summed E-state index contributed by atoms with van der Waals surface area (Å²) >= 11 is 5.99. The number of carboxylic acid groups (broad SMARTS) is 1. The number of fused-ring (bicyclic) bond motifs is 1. The van der Waals surface area contributed by atoms with Gasteiger partial charge in [0.25, 0.3) is 0 Å². The second kappa shape index (κ2) is 12.2. The lowest BCUT2D eigenvalue weighted by Gasteiger charge is -2.19. The Kier molecular flexibility index (Phi) is 8.50. The Labute approximate surface area is 241 Å². The molecule has 5 rings (SSSR count). The number of rotatable bonds is 10. The van der Waals surface area contributed by atoms with Crippen LogP contribution in [0, 0.1) is 0 Å². The number of unbranched alkanes of at least 4 members (excludes halogenated alkanes) is 1. The van der Waals surface area contributed by atoms with Crippen LogP contribution in [0.2, 0.25) is 5.02 Å². The first-order chi connectivity index (χ1) is 19.7. The van der Waals surface area contributed by atoms with E-state index in [1.54, 1.807) is 12.1 Å². The normalized spacial score (nSPS) is 14.4. The first-order valence-electron chi connectivity index (χ1n) is 13.4. The second-order valence-corrected chi connectivity index (χ2v) is 10.6. The average Bonchev–Trinajstić information content (AvgIpc) is 3.31. The Bertz CT molecular complexity index is 1560. The van der Waals surface area contributed by atoms with Gasteiger partial charge in [-0.05, 0) is 89.9 Å². The SMILES string of the molecule is O=C([O-])Cc1ccc(Oc2ccc(C3C(CCCCc4ccc(Cl)cc4)=Cc4ccccc43)cc2)c(C(F)(F)F)c1. The van der Waals surface area contributed by atoms with E-state index in [2.05, 4.69) is 30.3 Å². The van der Waals surface area contributed by atoms with Crippen molar-refractivity contribution in [2.45, 2.75) is 44.2 Å². The maximum atomic E-state index is 13.7. The molecule has 41 heavy (non-hydrogen) atoms. The highest BCUT2D eigenvalue weighted by molar-refractivity contribution is 6.30. The van der Waals surface area contributed by atoms with Crippen LogP contribution in [0.5, 0.6) is 11.5 Å². The van der Waals surface area contributed by atoms with E-state index in [9.17, 15) is 23.1 Å². The number of carbonyl (C=O) groups is 1. The highest BCUT2D eigenvalue weighted by Gasteiger charge is 2.35. The van der Waals surface area contributed by atoms with Crippen LogP contribution in [-0.4, -0.2) is 5.97 Å². The van der Waals surface area contributed by atoms with Gasteiger partial charge in [-0.2, -0.15) is 13.2 Å². The number of carbonyl (C=O) groups excluding carboxylic acids is 1. The highest BCUT2D eigenvalue weighted by atomic mass is 35.5. The molecule has 0 N–H and O–H groups in total. The van der Waals surface area contributed by atoms with Gasteiger partial charge in [-0.1, -0.05) is 77.8 Å². The van der Waals surface area contributed by atoms with Gasteiger partial charge in [-0.15, -0.1) is 0 Å². The van der Waals surface area contributed by atoms with Crippen LogP contribution in [0.25, 0.3) is 6.08 Å². The molecule has 0 fully saturated rings. The number of halogens is 4. The monoisotopic (exact) mass is 575 g/mol. The van der Waals surface area contributed by atoms with Crippen LogP contribution in [0.3, 0.4) is 0 Å². The minimum atomic E-state index is -4.71. The lowest BCUT2D eigenvalue weighted by atomic mass is 9.86. The fourth-order valence-corrected chi connectivity index (χ4v) is 5.45. The summed E-state index contributed by atoms with van der Waals surface area (Å²) in [5, 5.41) is 11.6. The predicted octanol–water partition coefficient (Wildman–Crippen LogP) is 8.39. The zero-order valence-corrected chi connectivity index (χ0v) is 22.8. The molecule has 4 aromatic rings. The van der Waals surface area contributed by atoms with Gasteiger partial charge in [-0.25, -0.2) is 0 Å². The maximum absolute atomic E-state index is 13.7. The van der Waals surface area contributed by atoms with Crippen molar-refractivity contribution in [1.82, 2.24) is 0 Å². The topological polar surface area (TPSA) is 49.4 Å². The molecule has 0 aromatic heterocycles. The Hall–Kier alpha value is -4.03. The summed E-state index contributed by atoms with van der Waals surface area (Å²) in [5.41, 5.74) is 4.94. The van der Waals surface area contributed by atoms with Crippen molar-refractivity contribution in [2.24, 2.45) is 0 Å². The number of alkyl halides is 3. The third-order valence-electron chi connectivity index (χ3n) is 7.25. The van der Waals surface area contributed by atoms with Crippen LogP contribution < -0.4 is 9.84 Å². The summed E-state index contributed by atoms with van der Waals surface area (Å²) in [4.78, 5) is 10.9. The first kappa shape index (κ1) is 28.5. The molecule has 1 aliphatic carbocycles. The van der Waals surface area contributed by atoms with Gasteiger partial charge in [0.15, 0.2) is 0 Å². The van der Waals surface area contributed by atoms with Crippen LogP contribution >= 0.6 is 11.6 Å². The van der Waals surface area contributed by atoms with Crippen LogP contribution in [-0.2, 0) is 23.8 Å². The highest BCUT2D eigenvalue weighted by Crippen LogP contribution is 2.44. The standard InChI is InChI=1S/C34H28ClF3O3/c35-27-14-9-22(10-15-27)5-1-2-7-26-21-25-6-3-4-8-29(25)33(26)24-12-16-28(17-13-24)41-31-18-11-23(20-32(39)40)19-30(31)34(36,37)38/h3-4,6,8-19,21,33H,1-2,5,7,20H2,(H,39,40)/p-1. The Morgan fingerprint density at radius 1 is 0.854 bits per heavy atom. The zero-order valence-electron chi connectivity index (χ0n) is 22.1. The molecule has 0 bridgehead atoms. The Morgan fingerprint density at radius 2 is 1.54 bits per heavy atom. The summed E-state index contributed by atoms with van der Waals surface area (Å²) in [7, 11) is 0. The molecule has 7 heteroatoms. The fraction of sp³-hybridized carbons (Fsp3) is 0.206. The largest absolute Gasteiger partial charge is 0.550 e. The van der Waals surface area contributed by atoms with E-state index >= 15 is 0 Å². The van der Waals surface area contributed by atoms with Crippen molar-refractivity contribution >= 4 is 23.6 Å². The number of hydrogen-bond acceptors (Lipinski definition) is 3. The zero-order chi connectivity index (χ0) is 29.0. The second-order valence-electron chi connectivity index (χ2n) is 10.2. The van der Waals surface area contributed by atoms with E-state index in [-0.39, 0.29) is 23.0 Å². The van der Waals surface area contributed by atoms with E-state index in [1.165, 1.54) is 28.3 Å². The minimum Gasteiger partial charge on any atom is -0.550 e. The molecule has 0 amide bonds. The van der Waals surface area contributed by atoms with Gasteiger partial charge in [0.05, 0.1) is 5.56 Å². The summed E-state index contributed by atoms with van der Waals surface area (Å²) < 4.78 is 46.8. The summed E-state index contributed by atoms with van der Waals surface area (Å²) in [5.74, 6) is -1.53. The number of aliphatic carboxylic acids is 1. The lowest BCUT2D eigenvalue weighted by molar-refractivity contribution is -0.304. The van der Waals surface area contributed by atoms with E-state index in [1.807, 2.05) is 36.4 Å². The molecule has 1 atom stereocenters. The van der Waals surface area contributed by atoms with Crippen molar-refractivity contribution in [3.8, 4) is 11.5 Å². The number of benzene rings is 4. The van der Waals surface area contributed by atoms with E-state index in [0.717, 1.165) is 48.4 Å². The molecule has 210 valence electrons. The average molecular weight is 576 g/mol. The van der Waals surface area contributed by atoms with E-state index in [0.29, 0.717) is 0 Å². The van der Waals surface area contributed by atoms with Crippen molar-refractivity contribution in [1.29, 1.82) is 0 Å². The van der Waals surface area contributed by atoms with Gasteiger partial charge < -0.3 is 14.6 Å². The molecule has 1 aliphatic rings. The number of hydrogen-bond donors (Lipinski definition) is 0. The molecule has 0 heterocycles. The molecule has 0 spiro atoms. The van der Waals surface area contributed by atoms with Gasteiger partial charge >= 0.3 is 6.18 Å². The molecule has 3 nitrogen and oxygen atoms in total. The summed E-state index contributed by atoms with van der Waals surface area (Å²) in [6.07, 6.45) is 0.888. The molecule has 4 aromatic carbocycles. The molecule has 0 saturated carbocycles.